The molecule has 0 aromatic heterocycles. The molecule has 0 heterocycles. The Morgan fingerprint density at radius 2 is 1.82 bits per heavy atom. The lowest BCUT2D eigenvalue weighted by atomic mass is 9.49. The predicted molar refractivity (Wildman–Crippen MR) is 119 cm³/mol. The maximum Gasteiger partial charge on any atom is 0.161 e. The van der Waals surface area contributed by atoms with Crippen LogP contribution in [0, 0.1) is 39.9 Å². The zero-order chi connectivity index (χ0) is 21.3. The van der Waals surface area contributed by atoms with Crippen LogP contribution in [0.25, 0.3) is 0 Å². The van der Waals surface area contributed by atoms with E-state index < -0.39 is 0 Å². The fourth-order valence-corrected chi connectivity index (χ4v) is 6.19. The van der Waals surface area contributed by atoms with Crippen molar-refractivity contribution < 1.29 is 4.79 Å². The number of allylic oxidation sites excluding steroid dienone is 1. The van der Waals surface area contributed by atoms with Gasteiger partial charge in [-0.3, -0.25) is 10.1 Å². The number of hydrogen-bond donors (Lipinski definition) is 1. The van der Waals surface area contributed by atoms with Gasteiger partial charge < -0.3 is 0 Å². The fraction of sp³-hybridized carbons (Fsp3) is 0.875. The van der Waals surface area contributed by atoms with Crippen LogP contribution in [0.4, 0.5) is 0 Å². The quantitative estimate of drug-likeness (QED) is 0.336. The number of ketones is 1. The smallest absolute Gasteiger partial charge is 0.161 e. The topological polar surface area (TPSA) is 58.5 Å². The van der Waals surface area contributed by atoms with E-state index in [0.717, 1.165) is 37.8 Å². The highest BCUT2D eigenvalue weighted by atomic mass is 16.3. The predicted octanol–water partition coefficient (Wildman–Crippen LogP) is 6.36. The average molecular weight is 393 g/mol. The number of Topliss-reactive ketones (excluding diaryl/α,β-unsaturated/α-hetero) is 1. The van der Waals surface area contributed by atoms with Gasteiger partial charge in [-0.25, -0.2) is 0 Å². The van der Waals surface area contributed by atoms with Gasteiger partial charge in [0.05, 0.1) is 0 Å². The first-order valence-electron chi connectivity index (χ1n) is 11.7. The minimum Gasteiger partial charge on any atom is -0.295 e. The summed E-state index contributed by atoms with van der Waals surface area (Å²) in [5.41, 5.74) is 1.13. The first-order valence-corrected chi connectivity index (χ1v) is 11.7. The lowest BCUT2D eigenvalue weighted by Crippen LogP contribution is -2.52. The van der Waals surface area contributed by atoms with E-state index in [1.54, 1.807) is 0 Å². The summed E-state index contributed by atoms with van der Waals surface area (Å²) in [6.45, 7) is 17.8. The Morgan fingerprint density at radius 3 is 2.43 bits per heavy atom. The van der Waals surface area contributed by atoms with E-state index in [1.165, 1.54) is 19.3 Å². The second-order valence-electron chi connectivity index (χ2n) is 8.61. The number of nitrogens with zero attached hydrogens (tertiary/aromatic N) is 1. The molecule has 0 radical (unpaired) electrons. The minimum absolute atomic E-state index is 0.204. The van der Waals surface area contributed by atoms with Gasteiger partial charge in [-0.15, -0.1) is 4.91 Å². The summed E-state index contributed by atoms with van der Waals surface area (Å²) >= 11 is 0. The largest absolute Gasteiger partial charge is 0.295 e. The molecule has 0 aromatic carbocycles. The van der Waals surface area contributed by atoms with Gasteiger partial charge in [0.25, 0.3) is 0 Å². The first-order chi connectivity index (χ1) is 13.5. The van der Waals surface area contributed by atoms with E-state index in [2.05, 4.69) is 30.9 Å². The minimum atomic E-state index is 0.204. The van der Waals surface area contributed by atoms with Crippen LogP contribution >= 0.6 is 0 Å². The second-order valence-corrected chi connectivity index (χ2v) is 8.61. The van der Waals surface area contributed by atoms with Crippen LogP contribution in [0.3, 0.4) is 0 Å². The Hall–Kier alpha value is -1.03. The standard InChI is InChI=1S/C20H32N2O2.2C2H6/c1-4-14-10-17-15-6-5-9-20(3,11-21-12-22-24)18(15)8-7-16(17)19(23)13(14)2;2*1-2/h14-18,21H,2,4-12H2,1,3H3;2*1-2H3/t14-,15?,16?,17?,18?,20-;;/m0../s1. The van der Waals surface area contributed by atoms with Crippen molar-refractivity contribution >= 4 is 5.78 Å². The van der Waals surface area contributed by atoms with Crippen LogP contribution in [0.15, 0.2) is 17.3 Å². The molecule has 0 amide bonds. The van der Waals surface area contributed by atoms with Crippen LogP contribution < -0.4 is 5.32 Å². The van der Waals surface area contributed by atoms with Gasteiger partial charge in [-0.2, -0.15) is 0 Å². The SMILES string of the molecule is C=C1C(=O)C2CCC3C(CCC[C@@]3(C)CNCN=O)C2C[C@@H]1CC.CC.CC. The zero-order valence-electron chi connectivity index (χ0n) is 19.2. The van der Waals surface area contributed by atoms with E-state index in [0.29, 0.717) is 29.5 Å². The Balaban J connectivity index is 0.000000921. The molecule has 0 bridgehead atoms. The molecule has 3 aliphatic rings. The number of rotatable bonds is 5. The van der Waals surface area contributed by atoms with Gasteiger partial charge in [0, 0.05) is 12.5 Å². The molecule has 162 valence electrons. The van der Waals surface area contributed by atoms with Gasteiger partial charge in [0.2, 0.25) is 0 Å². The van der Waals surface area contributed by atoms with E-state index in [-0.39, 0.29) is 18.0 Å². The van der Waals surface area contributed by atoms with Crippen molar-refractivity contribution in [2.45, 2.75) is 86.5 Å². The Morgan fingerprint density at radius 1 is 1.14 bits per heavy atom. The van der Waals surface area contributed by atoms with Gasteiger partial charge in [-0.05, 0) is 73.2 Å². The van der Waals surface area contributed by atoms with Crippen molar-refractivity contribution in [1.82, 2.24) is 5.32 Å². The second kappa shape index (κ2) is 11.8. The highest BCUT2D eigenvalue weighted by molar-refractivity contribution is 5.98. The van der Waals surface area contributed by atoms with Crippen LogP contribution in [0.5, 0.6) is 0 Å². The molecule has 4 unspecified atom stereocenters. The molecule has 3 rings (SSSR count). The maximum atomic E-state index is 12.8. The molecule has 0 spiro atoms. The Kier molecular flexibility index (Phi) is 10.6. The Bertz CT molecular complexity index is 519. The Labute approximate surface area is 173 Å². The number of carbonyl (C=O) groups is 1. The van der Waals surface area contributed by atoms with Crippen molar-refractivity contribution in [2.24, 2.45) is 40.2 Å². The van der Waals surface area contributed by atoms with Crippen molar-refractivity contribution in [2.75, 3.05) is 13.2 Å². The zero-order valence-corrected chi connectivity index (χ0v) is 19.2. The number of nitrogens with one attached hydrogen (secondary N) is 1. The molecule has 6 atom stereocenters. The van der Waals surface area contributed by atoms with Gasteiger partial charge >= 0.3 is 0 Å². The lowest BCUT2D eigenvalue weighted by molar-refractivity contribution is -0.131. The molecule has 1 N–H and O–H groups in total. The van der Waals surface area contributed by atoms with Crippen molar-refractivity contribution in [3.05, 3.63) is 17.1 Å². The summed E-state index contributed by atoms with van der Waals surface area (Å²) < 4.78 is 0. The van der Waals surface area contributed by atoms with Crippen LogP contribution in [0.1, 0.15) is 86.5 Å². The molecule has 0 aliphatic heterocycles. The van der Waals surface area contributed by atoms with E-state index in [1.807, 2.05) is 27.7 Å². The fourth-order valence-electron chi connectivity index (χ4n) is 6.19. The van der Waals surface area contributed by atoms with E-state index >= 15 is 0 Å². The van der Waals surface area contributed by atoms with E-state index in [9.17, 15) is 9.70 Å². The van der Waals surface area contributed by atoms with Gasteiger partial charge in [0.1, 0.15) is 6.67 Å². The summed E-state index contributed by atoms with van der Waals surface area (Å²) in [6.07, 6.45) is 8.10. The normalized spacial score (nSPS) is 36.7. The summed E-state index contributed by atoms with van der Waals surface area (Å²) in [5.74, 6) is 2.88. The van der Waals surface area contributed by atoms with Crippen LogP contribution in [-0.2, 0) is 4.79 Å². The highest BCUT2D eigenvalue weighted by Crippen LogP contribution is 2.57. The molecule has 3 saturated carbocycles. The maximum absolute atomic E-state index is 12.8. The van der Waals surface area contributed by atoms with E-state index in [4.69, 9.17) is 0 Å². The van der Waals surface area contributed by atoms with Gasteiger partial charge in [-0.1, -0.05) is 59.7 Å². The summed E-state index contributed by atoms with van der Waals surface area (Å²) in [6, 6.07) is 0. The molecule has 0 aromatic rings. The number of fused-ring (bicyclic) bond motifs is 3. The third kappa shape index (κ3) is 5.11. The van der Waals surface area contributed by atoms with Crippen LogP contribution in [0.2, 0.25) is 0 Å². The van der Waals surface area contributed by atoms with Crippen LogP contribution in [-0.4, -0.2) is 19.0 Å². The molecular formula is C24H44N2O2. The summed E-state index contributed by atoms with van der Waals surface area (Å²) in [7, 11) is 0. The van der Waals surface area contributed by atoms with Crippen molar-refractivity contribution in [1.29, 1.82) is 0 Å². The number of hydrogen-bond acceptors (Lipinski definition) is 4. The molecule has 4 nitrogen and oxygen atoms in total. The molecular weight excluding hydrogens is 348 g/mol. The first kappa shape index (κ1) is 25.0. The molecule has 4 heteroatoms. The molecule has 3 aliphatic carbocycles. The molecule has 28 heavy (non-hydrogen) atoms. The third-order valence-corrected chi connectivity index (χ3v) is 7.45. The number of carbonyl (C=O) groups excluding carboxylic acids is 1. The van der Waals surface area contributed by atoms with Crippen molar-refractivity contribution in [3.63, 3.8) is 0 Å². The van der Waals surface area contributed by atoms with Gasteiger partial charge in [0.15, 0.2) is 5.78 Å². The monoisotopic (exact) mass is 392 g/mol. The summed E-state index contributed by atoms with van der Waals surface area (Å²) in [4.78, 5) is 23.2. The third-order valence-electron chi connectivity index (χ3n) is 7.45. The average Bonchev–Trinajstić information content (AvgIpc) is 2.73. The molecule has 3 fully saturated rings. The van der Waals surface area contributed by atoms with Crippen molar-refractivity contribution in [3.8, 4) is 0 Å². The highest BCUT2D eigenvalue weighted by Gasteiger charge is 2.52. The molecule has 0 saturated heterocycles. The summed E-state index contributed by atoms with van der Waals surface area (Å²) in [5, 5.41) is 6.17. The number of nitroso groups, excluding NO2 is 1. The lowest BCUT2D eigenvalue weighted by Gasteiger charge is -2.55.